The summed E-state index contributed by atoms with van der Waals surface area (Å²) in [4.78, 5) is 11.7. The van der Waals surface area contributed by atoms with E-state index >= 15 is 0 Å². The summed E-state index contributed by atoms with van der Waals surface area (Å²) >= 11 is 1.45. The fraction of sp³-hybridized carbons (Fsp3) is 0.192. The first-order valence-corrected chi connectivity index (χ1v) is 11.5. The van der Waals surface area contributed by atoms with Gasteiger partial charge in [-0.25, -0.2) is 10.0 Å². The first-order chi connectivity index (χ1) is 15.5. The number of fused-ring (bicyclic) bond motifs is 2. The van der Waals surface area contributed by atoms with Crippen LogP contribution in [0.4, 0.5) is 11.4 Å². The fourth-order valence-electron chi connectivity index (χ4n) is 4.23. The van der Waals surface area contributed by atoms with Crippen molar-refractivity contribution in [3.63, 3.8) is 0 Å². The Morgan fingerprint density at radius 2 is 1.59 bits per heavy atom. The summed E-state index contributed by atoms with van der Waals surface area (Å²) in [7, 11) is 0. The summed E-state index contributed by atoms with van der Waals surface area (Å²) in [5.41, 5.74) is 6.16. The van der Waals surface area contributed by atoms with E-state index in [-0.39, 0.29) is 5.78 Å². The molecular weight excluding hydrogens is 416 g/mol. The number of hydrogen-bond acceptors (Lipinski definition) is 6. The lowest BCUT2D eigenvalue weighted by Gasteiger charge is -2.47. The number of anilines is 2. The van der Waals surface area contributed by atoms with Gasteiger partial charge in [-0.2, -0.15) is 10.2 Å². The van der Waals surface area contributed by atoms with Crippen LogP contribution in [0.15, 0.2) is 89.1 Å². The molecule has 32 heavy (non-hydrogen) atoms. The van der Waals surface area contributed by atoms with Gasteiger partial charge in [0.1, 0.15) is 0 Å². The van der Waals surface area contributed by atoms with Gasteiger partial charge >= 0.3 is 0 Å². The number of nitrogens with zero attached hydrogens (tertiary/aromatic N) is 4. The van der Waals surface area contributed by atoms with Gasteiger partial charge in [0.2, 0.25) is 4.99 Å². The number of thioether (sulfide) groups is 1. The molecule has 2 heterocycles. The van der Waals surface area contributed by atoms with Crippen molar-refractivity contribution in [2.45, 2.75) is 32.2 Å². The van der Waals surface area contributed by atoms with E-state index in [0.29, 0.717) is 5.04 Å². The Kier molecular flexibility index (Phi) is 5.10. The Morgan fingerprint density at radius 3 is 2.31 bits per heavy atom. The van der Waals surface area contributed by atoms with Crippen LogP contribution in [0.25, 0.3) is 0 Å². The Bertz CT molecular complexity index is 1250. The molecule has 3 aromatic carbocycles. The number of aryl methyl sites for hydroxylation is 1. The zero-order chi connectivity index (χ0) is 22.3. The lowest BCUT2D eigenvalue weighted by atomic mass is 9.96. The van der Waals surface area contributed by atoms with Crippen molar-refractivity contribution in [3.05, 3.63) is 95.6 Å². The molecule has 0 saturated heterocycles. The molecule has 0 aromatic heterocycles. The van der Waals surface area contributed by atoms with Gasteiger partial charge < -0.3 is 0 Å². The first kappa shape index (κ1) is 20.5. The Hall–Kier alpha value is -3.38. The average Bonchev–Trinajstić information content (AvgIpc) is 3.22. The molecule has 2 aliphatic heterocycles. The summed E-state index contributed by atoms with van der Waals surface area (Å²) in [6, 6.07) is 26.7. The van der Waals surface area contributed by atoms with Crippen molar-refractivity contribution in [2.75, 3.05) is 10.0 Å². The van der Waals surface area contributed by atoms with E-state index in [2.05, 4.69) is 38.1 Å². The van der Waals surface area contributed by atoms with Crippen molar-refractivity contribution < 1.29 is 4.79 Å². The Morgan fingerprint density at radius 1 is 0.906 bits per heavy atom. The van der Waals surface area contributed by atoms with Gasteiger partial charge in [-0.3, -0.25) is 4.79 Å². The summed E-state index contributed by atoms with van der Waals surface area (Å²) in [6.07, 6.45) is 0.798. The summed E-state index contributed by atoms with van der Waals surface area (Å²) in [5, 5.41) is 14.5. The molecule has 1 atom stereocenters. The van der Waals surface area contributed by atoms with Crippen LogP contribution in [-0.4, -0.2) is 16.5 Å². The van der Waals surface area contributed by atoms with Crippen LogP contribution < -0.4 is 10.0 Å². The number of ketones is 1. The van der Waals surface area contributed by atoms with Crippen LogP contribution in [0.1, 0.15) is 37.0 Å². The third kappa shape index (κ3) is 3.14. The topological polar surface area (TPSA) is 48.3 Å². The summed E-state index contributed by atoms with van der Waals surface area (Å²) in [5.74, 6) is -0.0553. The molecule has 0 N–H and O–H groups in total. The van der Waals surface area contributed by atoms with Crippen molar-refractivity contribution in [2.24, 2.45) is 10.2 Å². The fourth-order valence-corrected chi connectivity index (χ4v) is 5.52. The van der Waals surface area contributed by atoms with E-state index in [1.807, 2.05) is 64.6 Å². The van der Waals surface area contributed by atoms with Gasteiger partial charge in [0.15, 0.2) is 10.8 Å². The Labute approximate surface area is 192 Å². The van der Waals surface area contributed by atoms with Crippen molar-refractivity contribution in [1.82, 2.24) is 0 Å². The lowest BCUT2D eigenvalue weighted by Crippen LogP contribution is -2.53. The quantitative estimate of drug-likeness (QED) is 0.507. The number of rotatable bonds is 4. The van der Waals surface area contributed by atoms with E-state index in [4.69, 9.17) is 10.2 Å². The predicted octanol–water partition coefficient (Wildman–Crippen LogP) is 5.90. The molecule has 3 aromatic rings. The predicted molar refractivity (Wildman–Crippen MR) is 133 cm³/mol. The highest BCUT2D eigenvalue weighted by Crippen LogP contribution is 2.54. The van der Waals surface area contributed by atoms with E-state index in [1.165, 1.54) is 11.8 Å². The maximum atomic E-state index is 12.6. The summed E-state index contributed by atoms with van der Waals surface area (Å²) in [6.45, 7) is 5.75. The number of benzene rings is 3. The smallest absolute Gasteiger partial charge is 0.234 e. The highest BCUT2D eigenvalue weighted by molar-refractivity contribution is 8.17. The average molecular weight is 441 g/mol. The minimum absolute atomic E-state index is 0.0553. The van der Waals surface area contributed by atoms with Crippen molar-refractivity contribution in [3.8, 4) is 0 Å². The maximum absolute atomic E-state index is 12.6. The second kappa shape index (κ2) is 7.95. The zero-order valence-corrected chi connectivity index (χ0v) is 19.1. The van der Waals surface area contributed by atoms with Gasteiger partial charge in [-0.15, -0.1) is 0 Å². The molecule has 0 amide bonds. The standard InChI is InChI=1S/C26H24N4OS/c1-4-24-22-15-8-9-16-23(22)26(29(27-24)20-12-6-5-7-13-20)30(28-25(32-26)19(3)31)21-14-10-11-18(2)17-21/h5-17H,4H2,1-3H3/t26-/m0/s1. The minimum Gasteiger partial charge on any atom is -0.292 e. The highest BCUT2D eigenvalue weighted by Gasteiger charge is 2.55. The third-order valence-electron chi connectivity index (χ3n) is 5.70. The van der Waals surface area contributed by atoms with Crippen LogP contribution in [0.5, 0.6) is 0 Å². The summed E-state index contributed by atoms with van der Waals surface area (Å²) < 4.78 is 0. The normalized spacial score (nSPS) is 19.6. The largest absolute Gasteiger partial charge is 0.292 e. The molecule has 0 unspecified atom stereocenters. The monoisotopic (exact) mass is 440 g/mol. The van der Waals surface area contributed by atoms with Crippen LogP contribution in [0, 0.1) is 6.92 Å². The minimum atomic E-state index is -0.856. The number of Topliss-reactive ketones (excluding diaryl/α,β-unsaturated/α-hetero) is 1. The van der Waals surface area contributed by atoms with Gasteiger partial charge in [0, 0.05) is 18.1 Å². The van der Waals surface area contributed by atoms with E-state index < -0.39 is 4.99 Å². The molecule has 0 aliphatic carbocycles. The number of carbonyl (C=O) groups excluding carboxylic acids is 1. The van der Waals surface area contributed by atoms with Crippen LogP contribution in [0.2, 0.25) is 0 Å². The van der Waals surface area contributed by atoms with Crippen LogP contribution >= 0.6 is 11.8 Å². The first-order valence-electron chi connectivity index (χ1n) is 10.7. The number of hydrazone groups is 2. The lowest BCUT2D eigenvalue weighted by molar-refractivity contribution is -0.110. The van der Waals surface area contributed by atoms with Gasteiger partial charge in [0.25, 0.3) is 0 Å². The number of carbonyl (C=O) groups is 1. The SMILES string of the molecule is CCC1=NN(c2ccccc2)[C@@]2(SC(C(C)=O)=NN2c2cccc(C)c2)c2ccccc21. The van der Waals surface area contributed by atoms with Crippen molar-refractivity contribution in [1.29, 1.82) is 0 Å². The molecular formula is C26H24N4OS. The second-order valence-corrected chi connectivity index (χ2v) is 9.08. The van der Waals surface area contributed by atoms with E-state index in [9.17, 15) is 4.79 Å². The van der Waals surface area contributed by atoms with Gasteiger partial charge in [-0.1, -0.05) is 61.5 Å². The molecule has 6 heteroatoms. The van der Waals surface area contributed by atoms with Gasteiger partial charge in [-0.05, 0) is 54.9 Å². The van der Waals surface area contributed by atoms with Gasteiger partial charge in [0.05, 0.1) is 17.1 Å². The van der Waals surface area contributed by atoms with Crippen LogP contribution in [0.3, 0.4) is 0 Å². The zero-order valence-electron chi connectivity index (χ0n) is 18.3. The Balaban J connectivity index is 1.83. The van der Waals surface area contributed by atoms with Crippen LogP contribution in [-0.2, 0) is 9.79 Å². The van der Waals surface area contributed by atoms with E-state index in [1.54, 1.807) is 6.92 Å². The number of hydrogen-bond donors (Lipinski definition) is 0. The maximum Gasteiger partial charge on any atom is 0.234 e. The second-order valence-electron chi connectivity index (χ2n) is 7.92. The third-order valence-corrected chi connectivity index (χ3v) is 7.11. The van der Waals surface area contributed by atoms with Crippen molar-refractivity contribution >= 4 is 39.7 Å². The highest BCUT2D eigenvalue weighted by atomic mass is 32.2. The molecule has 1 spiro atoms. The molecule has 0 fully saturated rings. The molecule has 5 nitrogen and oxygen atoms in total. The molecule has 160 valence electrons. The molecule has 0 bridgehead atoms. The molecule has 0 saturated carbocycles. The molecule has 0 radical (unpaired) electrons. The molecule has 5 rings (SSSR count). The molecule has 2 aliphatic rings. The van der Waals surface area contributed by atoms with E-state index in [0.717, 1.165) is 40.2 Å². The number of para-hydroxylation sites is 1.